The van der Waals surface area contributed by atoms with E-state index in [1.54, 1.807) is 20.8 Å². The minimum Gasteiger partial charge on any atom is -0.390 e. The number of quaternary nitrogens is 1. The van der Waals surface area contributed by atoms with E-state index < -0.39 is 143 Å². The van der Waals surface area contributed by atoms with Gasteiger partial charge in [0.25, 0.3) is 0 Å². The molecule has 0 aromatic rings. The number of primary amides is 1. The van der Waals surface area contributed by atoms with Crippen molar-refractivity contribution in [2.75, 3.05) is 193 Å². The molecule has 1 saturated heterocycles. The number of aliphatic hydroxyl groups excluding tert-OH is 1. The molecule has 6 aliphatic carbocycles. The number of hydrogen-bond donors (Lipinski definition) is 13. The molecule has 0 radical (unpaired) electrons. The minimum atomic E-state index is -2.46. The van der Waals surface area contributed by atoms with Gasteiger partial charge in [-0.25, -0.2) is 13.6 Å². The van der Waals surface area contributed by atoms with Crippen molar-refractivity contribution < 1.29 is 123 Å². The Morgan fingerprint density at radius 1 is 0.641 bits per heavy atom. The number of amides is 8. The van der Waals surface area contributed by atoms with E-state index in [1.807, 2.05) is 24.0 Å². The number of rotatable bonds is 61. The van der Waals surface area contributed by atoms with Crippen LogP contribution >= 0.6 is 0 Å². The Kier molecular flexibility index (Phi) is 43.9. The number of unbranched alkanes of at least 4 members (excludes halogenated alkanes) is 1. The molecular formula is C91H152F2N15O23+. The molecule has 4 fully saturated rings. The number of ether oxygens (including phenoxy) is 12. The van der Waals surface area contributed by atoms with Gasteiger partial charge < -0.3 is 120 Å². The standard InChI is InChI=1S/C91H151F2N15O23/c1-10-20-81-130-76-56-64-65-55-67(92)66-54-63(109)27-30-88(66,4)90(65,93)74(111)57-89(64,5)91(76,131-81)75(112)58-99-85(117)62(21-19-32-98-87(94)119)53-71(110)82(61(2)3)101-86(118)68(100-78(114)29-38-121-42-46-125-49-51-126-47-43-122-39-34-97-80(116)60-128-72-25-15-11-13-23-69-83(72)102-104-106(69)6)22-17-18-31-95-79(115)59-129-73-26-16-12-14-24-70-84(73)103-105-107(70)35-40-123-44-48-127-52-50-124-45-41-120-37-28-77(113)96-33-36-108(7,8)9/h27,30,54,61-62,64-65,67-68,72-74,76,81-82,102-105,111H,10-26,28-29,31-53,55-60H2,1-9H3,(H8-,94,95,96,97,98,99,100,101,113,114,115,116,117,118,119)/p+1/t62-,64+,65+,67+,68-,72?,73?,74+,76-,81?,82+,88+,89+,90+,91-/m1/s1. The number of likely N-dealkylation sites (N-methyl/N-ethyl adjacent to an activating group) is 1. The summed E-state index contributed by atoms with van der Waals surface area (Å²) in [6.45, 7) is 14.9. The second-order valence-electron chi connectivity index (χ2n) is 37.2. The number of hydrogen-bond acceptors (Lipinski definition) is 29. The zero-order valence-corrected chi connectivity index (χ0v) is 78.7. The highest BCUT2D eigenvalue weighted by Crippen LogP contribution is 2.72. The molecule has 38 nitrogen and oxygen atoms in total. The lowest BCUT2D eigenvalue weighted by molar-refractivity contribution is -0.869. The Hall–Kier alpha value is -7.52. The van der Waals surface area contributed by atoms with E-state index >= 15 is 13.6 Å². The molecule has 0 spiro atoms. The number of aliphatic hydroxyl groups is 1. The van der Waals surface area contributed by atoms with Crippen LogP contribution < -0.4 is 64.9 Å². The molecule has 3 saturated carbocycles. The lowest BCUT2D eigenvalue weighted by atomic mass is 9.44. The molecule has 742 valence electrons. The third-order valence-corrected chi connectivity index (χ3v) is 26.4. The molecule has 15 atom stereocenters. The fraction of sp³-hybridized carbons (Fsp3) is 0.802. The monoisotopic (exact) mass is 1860 g/mol. The van der Waals surface area contributed by atoms with Crippen molar-refractivity contribution in [3.8, 4) is 0 Å². The first-order valence-corrected chi connectivity index (χ1v) is 47.6. The molecule has 40 heteroatoms. The quantitative estimate of drug-likeness (QED) is 0.0307. The largest absolute Gasteiger partial charge is 0.390 e. The van der Waals surface area contributed by atoms with Crippen molar-refractivity contribution >= 4 is 58.8 Å². The van der Waals surface area contributed by atoms with Crippen molar-refractivity contribution in [1.29, 1.82) is 0 Å². The van der Waals surface area contributed by atoms with E-state index in [0.717, 1.165) is 97.7 Å². The van der Waals surface area contributed by atoms with Crippen molar-refractivity contribution in [1.82, 2.24) is 69.2 Å². The van der Waals surface area contributed by atoms with Crippen LogP contribution in [0.3, 0.4) is 0 Å². The molecule has 131 heavy (non-hydrogen) atoms. The summed E-state index contributed by atoms with van der Waals surface area (Å²) in [6, 6.07) is -3.24. The summed E-state index contributed by atoms with van der Waals surface area (Å²) in [5.41, 5.74) is 14.8. The van der Waals surface area contributed by atoms with Crippen LogP contribution in [0, 0.1) is 34.5 Å². The summed E-state index contributed by atoms with van der Waals surface area (Å²) in [4.78, 5) is 136. The van der Waals surface area contributed by atoms with Crippen LogP contribution in [0.5, 0.6) is 0 Å². The summed E-state index contributed by atoms with van der Waals surface area (Å²) < 4.78 is 107. The van der Waals surface area contributed by atoms with Crippen LogP contribution in [0.2, 0.25) is 0 Å². The predicted octanol–water partition coefficient (Wildman–Crippen LogP) is 3.07. The van der Waals surface area contributed by atoms with E-state index in [9.17, 15) is 48.3 Å². The van der Waals surface area contributed by atoms with Gasteiger partial charge in [0.05, 0.1) is 194 Å². The van der Waals surface area contributed by atoms with Crippen molar-refractivity contribution in [3.63, 3.8) is 0 Å². The number of carbonyl (C=O) groups is 10. The highest BCUT2D eigenvalue weighted by Gasteiger charge is 2.80. The van der Waals surface area contributed by atoms with E-state index in [1.165, 1.54) is 19.1 Å². The van der Waals surface area contributed by atoms with Gasteiger partial charge >= 0.3 is 6.03 Å². The molecular weight excluding hydrogens is 1710 g/mol. The van der Waals surface area contributed by atoms with E-state index in [-0.39, 0.29) is 140 Å². The highest BCUT2D eigenvalue weighted by molar-refractivity contribution is 6.01. The van der Waals surface area contributed by atoms with Crippen LogP contribution in [0.4, 0.5) is 13.6 Å². The molecule has 0 bridgehead atoms. The number of halogens is 2. The first kappa shape index (κ1) is 107. The first-order chi connectivity index (χ1) is 62.8. The zero-order chi connectivity index (χ0) is 94.6. The molecule has 9 rings (SSSR count). The molecule has 0 aromatic carbocycles. The average molecular weight is 1860 g/mol. The van der Waals surface area contributed by atoms with E-state index in [0.29, 0.717) is 124 Å². The maximum Gasteiger partial charge on any atom is 0.312 e. The molecule has 3 aliphatic heterocycles. The normalized spacial score (nSPS) is 26.4. The lowest BCUT2D eigenvalue weighted by Crippen LogP contribution is -2.71. The van der Waals surface area contributed by atoms with Crippen LogP contribution in [0.15, 0.2) is 46.6 Å². The van der Waals surface area contributed by atoms with E-state index in [2.05, 4.69) is 80.3 Å². The topological polar surface area (TPSA) is 467 Å². The van der Waals surface area contributed by atoms with E-state index in [4.69, 9.17) is 62.6 Å². The van der Waals surface area contributed by atoms with Gasteiger partial charge in [-0.15, -0.1) is 11.1 Å². The van der Waals surface area contributed by atoms with Gasteiger partial charge in [-0.1, -0.05) is 65.9 Å². The third-order valence-electron chi connectivity index (χ3n) is 26.4. The van der Waals surface area contributed by atoms with Crippen molar-refractivity contribution in [2.45, 2.75) is 243 Å². The van der Waals surface area contributed by atoms with Crippen LogP contribution in [-0.2, 0) is 100.0 Å². The lowest BCUT2D eigenvalue weighted by Gasteiger charge is -2.63. The van der Waals surface area contributed by atoms with Gasteiger partial charge in [-0.3, -0.25) is 53.2 Å². The number of carbonyl (C=O) groups excluding carboxylic acids is 10. The van der Waals surface area contributed by atoms with Gasteiger partial charge in [0.15, 0.2) is 34.9 Å². The van der Waals surface area contributed by atoms with Gasteiger partial charge in [0, 0.05) is 68.6 Å². The van der Waals surface area contributed by atoms with Crippen molar-refractivity contribution in [3.05, 3.63) is 46.6 Å². The first-order valence-electron chi connectivity index (χ1n) is 47.6. The fourth-order valence-electron chi connectivity index (χ4n) is 19.4. The minimum absolute atomic E-state index is 0.00895. The fourth-order valence-corrected chi connectivity index (χ4v) is 19.4. The Labute approximate surface area is 770 Å². The van der Waals surface area contributed by atoms with Crippen LogP contribution in [0.25, 0.3) is 0 Å². The number of fused-ring (bicyclic) bond motifs is 7. The Morgan fingerprint density at radius 3 is 1.82 bits per heavy atom. The molecule has 0 aromatic heterocycles. The number of nitrogens with two attached hydrogens (primary N) is 1. The summed E-state index contributed by atoms with van der Waals surface area (Å²) in [7, 11) is 8.17. The number of Topliss-reactive ketones (excluding diaryl/α,β-unsaturated/α-hetero) is 2. The number of nitrogens with zero attached hydrogens (tertiary/aromatic N) is 3. The summed E-state index contributed by atoms with van der Waals surface area (Å²) >= 11 is 0. The summed E-state index contributed by atoms with van der Waals surface area (Å²) in [6.07, 6.45) is 7.88. The predicted molar refractivity (Wildman–Crippen MR) is 476 cm³/mol. The number of hydrazine groups is 4. The SMILES string of the molecule is CCCC1O[C@@H]2C[C@H]3[C@@H]4C[C@H](F)C5=CC(=O)C=C[C@]5(C)[C@@]4(F)[C@@H](O)C[C@]3(C)[C@]2(C(=O)CNC(=O)[C@H](CCCNC(N)=O)CC(=O)[C@@H](NC(=O)[C@@H](CCCCNC(=O)COC2CCCCCC3=C2NNN3CCOCCOCCOCCOCCC(=O)NCC[N+](C)(C)C)NC(=O)CCOCCOCCOCCOCCNC(=O)COC2CCCCCC3=C2NNN3C)C(C)C)O1. The second-order valence-corrected chi connectivity index (χ2v) is 37.2. The number of urea groups is 1. The summed E-state index contributed by atoms with van der Waals surface area (Å²) in [5, 5.41) is 35.8. The molecule has 8 amide bonds. The third kappa shape index (κ3) is 31.0. The highest BCUT2D eigenvalue weighted by atomic mass is 19.1. The maximum atomic E-state index is 18.3. The number of allylic oxidation sites excluding steroid dienone is 6. The van der Waals surface area contributed by atoms with Gasteiger partial charge in [-0.2, -0.15) is 0 Å². The molecule has 3 heterocycles. The average Bonchev–Trinajstić information content (AvgIpc) is 1.53. The van der Waals surface area contributed by atoms with Crippen molar-refractivity contribution in [2.24, 2.45) is 40.2 Å². The number of ketones is 3. The molecule has 14 N–H and O–H groups in total. The number of nitrogens with one attached hydrogen (secondary N) is 11. The summed E-state index contributed by atoms with van der Waals surface area (Å²) in [5.74, 6) is -7.93. The maximum absolute atomic E-state index is 18.3. The van der Waals surface area contributed by atoms with Gasteiger partial charge in [-0.05, 0) is 133 Å². The zero-order valence-electron chi connectivity index (χ0n) is 78.7. The second kappa shape index (κ2) is 53.7. The van der Waals surface area contributed by atoms with Crippen LogP contribution in [0.1, 0.15) is 182 Å². The molecule has 9 aliphatic rings. The van der Waals surface area contributed by atoms with Gasteiger partial charge in [0.2, 0.25) is 35.4 Å². The Balaban J connectivity index is 0.739. The Morgan fingerprint density at radius 2 is 1.21 bits per heavy atom. The number of alkyl halides is 2. The molecule has 3 unspecified atom stereocenters. The Bertz CT molecular complexity index is 3840. The smallest absolute Gasteiger partial charge is 0.312 e. The van der Waals surface area contributed by atoms with Gasteiger partial charge in [0.1, 0.15) is 37.6 Å². The van der Waals surface area contributed by atoms with Crippen LogP contribution in [-0.4, -0.2) is 332 Å².